The van der Waals surface area contributed by atoms with Crippen LogP contribution in [0, 0.1) is 11.3 Å². The molecule has 0 aliphatic heterocycles. The molecule has 38 heavy (non-hydrogen) atoms. The molecule has 5 rings (SSSR count). The molecule has 12 heteroatoms. The number of hydrogen-bond donors (Lipinski definition) is 1. The summed E-state index contributed by atoms with van der Waals surface area (Å²) in [5.41, 5.74) is 0.545. The molecular formula is C26H15ClF2N4O4S. The maximum Gasteiger partial charge on any atom is 0.336 e. The van der Waals surface area contributed by atoms with E-state index in [-0.39, 0.29) is 35.2 Å². The summed E-state index contributed by atoms with van der Waals surface area (Å²) >= 11 is 7.35. The summed E-state index contributed by atoms with van der Waals surface area (Å²) in [4.78, 5) is 28.7. The Bertz CT molecular complexity index is 1830. The van der Waals surface area contributed by atoms with Crippen molar-refractivity contribution in [2.45, 2.75) is 13.0 Å². The molecule has 0 radical (unpaired) electrons. The van der Waals surface area contributed by atoms with Gasteiger partial charge in [0.05, 0.1) is 33.3 Å². The summed E-state index contributed by atoms with van der Waals surface area (Å²) in [5.74, 6) is -1.48. The van der Waals surface area contributed by atoms with Gasteiger partial charge in [-0.25, -0.2) is 18.6 Å². The van der Waals surface area contributed by atoms with Gasteiger partial charge in [0, 0.05) is 27.7 Å². The minimum absolute atomic E-state index is 0.0138. The van der Waals surface area contributed by atoms with Crippen molar-refractivity contribution < 1.29 is 23.4 Å². The van der Waals surface area contributed by atoms with Crippen LogP contribution in [0.25, 0.3) is 32.1 Å². The number of fused-ring (bicyclic) bond motifs is 2. The highest BCUT2D eigenvalue weighted by atomic mass is 35.5. The number of alkyl halides is 2. The van der Waals surface area contributed by atoms with Gasteiger partial charge in [-0.15, -0.1) is 0 Å². The molecule has 0 aliphatic rings. The maximum absolute atomic E-state index is 13.8. The largest absolute Gasteiger partial charge is 0.491 e. The van der Waals surface area contributed by atoms with E-state index < -0.39 is 23.8 Å². The first-order valence-electron chi connectivity index (χ1n) is 11.0. The lowest BCUT2D eigenvalue weighted by Crippen LogP contribution is -2.28. The van der Waals surface area contributed by atoms with Gasteiger partial charge in [-0.3, -0.25) is 9.36 Å². The Labute approximate surface area is 222 Å². The van der Waals surface area contributed by atoms with Crippen LogP contribution < -0.4 is 10.3 Å². The van der Waals surface area contributed by atoms with Crippen LogP contribution in [0.4, 0.5) is 8.78 Å². The zero-order chi connectivity index (χ0) is 27.0. The number of carbonyl (C=O) groups is 1. The lowest BCUT2D eigenvalue weighted by molar-refractivity contribution is 0.0699. The minimum atomic E-state index is -3.03. The van der Waals surface area contributed by atoms with Gasteiger partial charge < -0.3 is 9.84 Å². The van der Waals surface area contributed by atoms with Crippen molar-refractivity contribution in [2.75, 3.05) is 6.61 Å². The molecule has 190 valence electrons. The van der Waals surface area contributed by atoms with Crippen LogP contribution in [0.2, 0.25) is 5.02 Å². The predicted octanol–water partition coefficient (Wildman–Crippen LogP) is 5.91. The van der Waals surface area contributed by atoms with Crippen molar-refractivity contribution in [1.82, 2.24) is 13.9 Å². The molecule has 2 aromatic heterocycles. The van der Waals surface area contributed by atoms with Gasteiger partial charge in [0.1, 0.15) is 18.4 Å². The summed E-state index contributed by atoms with van der Waals surface area (Å²) in [6, 6.07) is 14.1. The van der Waals surface area contributed by atoms with Gasteiger partial charge >= 0.3 is 5.97 Å². The molecule has 0 unspecified atom stereocenters. The zero-order valence-corrected chi connectivity index (χ0v) is 20.8. The number of rotatable bonds is 7. The van der Waals surface area contributed by atoms with E-state index in [1.54, 1.807) is 24.3 Å². The topological polar surface area (TPSA) is 118 Å². The summed E-state index contributed by atoms with van der Waals surface area (Å²) in [6.07, 6.45) is -1.56. The van der Waals surface area contributed by atoms with Crippen molar-refractivity contribution in [1.29, 1.82) is 5.26 Å². The second-order valence-electron chi connectivity index (χ2n) is 8.06. The molecule has 0 amide bonds. The second-order valence-corrected chi connectivity index (χ2v) is 9.30. The SMILES string of the molecule is N#Cc1cccc2nc(C(F)F)n(CCOc3ccc(Cl)cc3-c3ccc(C(=O)O)c4cnsc34)c(=O)c12. The molecule has 0 atom stereocenters. The Morgan fingerprint density at radius 2 is 2.03 bits per heavy atom. The molecule has 0 saturated heterocycles. The fraction of sp³-hybridized carbons (Fsp3) is 0.115. The van der Waals surface area contributed by atoms with Crippen molar-refractivity contribution in [3.63, 3.8) is 0 Å². The summed E-state index contributed by atoms with van der Waals surface area (Å²) in [5, 5.41) is 19.7. The Hall–Kier alpha value is -4.40. The second kappa shape index (κ2) is 10.2. The summed E-state index contributed by atoms with van der Waals surface area (Å²) < 4.78 is 39.1. The first-order valence-corrected chi connectivity index (χ1v) is 12.2. The Morgan fingerprint density at radius 1 is 1.21 bits per heavy atom. The van der Waals surface area contributed by atoms with Crippen LogP contribution in [0.5, 0.6) is 5.75 Å². The molecule has 0 fully saturated rings. The third kappa shape index (κ3) is 4.44. The van der Waals surface area contributed by atoms with Crippen LogP contribution >= 0.6 is 23.1 Å². The first-order chi connectivity index (χ1) is 18.3. The first kappa shape index (κ1) is 25.3. The van der Waals surface area contributed by atoms with Crippen LogP contribution in [-0.4, -0.2) is 31.6 Å². The molecule has 3 aromatic carbocycles. The van der Waals surface area contributed by atoms with Crippen molar-refractivity contribution in [3.8, 4) is 22.9 Å². The predicted molar refractivity (Wildman–Crippen MR) is 138 cm³/mol. The molecule has 1 N–H and O–H groups in total. The van der Waals surface area contributed by atoms with Crippen LogP contribution in [-0.2, 0) is 6.54 Å². The van der Waals surface area contributed by atoms with Gasteiger partial charge in [0.25, 0.3) is 12.0 Å². The highest BCUT2D eigenvalue weighted by Crippen LogP contribution is 2.39. The average Bonchev–Trinajstić information content (AvgIpc) is 3.39. The quantitative estimate of drug-likeness (QED) is 0.266. The highest BCUT2D eigenvalue weighted by molar-refractivity contribution is 7.14. The van der Waals surface area contributed by atoms with Crippen molar-refractivity contribution in [2.24, 2.45) is 0 Å². The van der Waals surface area contributed by atoms with Crippen molar-refractivity contribution in [3.05, 3.63) is 87.1 Å². The molecule has 0 saturated carbocycles. The zero-order valence-electron chi connectivity index (χ0n) is 19.2. The number of hydrogen-bond acceptors (Lipinski definition) is 7. The fourth-order valence-corrected chi connectivity index (χ4v) is 5.17. The number of nitrogens with zero attached hydrogens (tertiary/aromatic N) is 4. The third-order valence-electron chi connectivity index (χ3n) is 5.89. The lowest BCUT2D eigenvalue weighted by atomic mass is 10.0. The molecule has 0 bridgehead atoms. The van der Waals surface area contributed by atoms with Gasteiger partial charge in [-0.1, -0.05) is 23.7 Å². The van der Waals surface area contributed by atoms with E-state index in [9.17, 15) is 28.7 Å². The van der Waals surface area contributed by atoms with Crippen LogP contribution in [0.1, 0.15) is 28.2 Å². The van der Waals surface area contributed by atoms with Gasteiger partial charge in [-0.2, -0.15) is 9.64 Å². The number of benzene rings is 3. The molecule has 0 spiro atoms. The number of halogens is 3. The molecule has 0 aliphatic carbocycles. The van der Waals surface area contributed by atoms with Gasteiger partial charge in [0.15, 0.2) is 5.82 Å². The highest BCUT2D eigenvalue weighted by Gasteiger charge is 2.21. The Balaban J connectivity index is 1.52. The lowest BCUT2D eigenvalue weighted by Gasteiger charge is -2.16. The van der Waals surface area contributed by atoms with Crippen LogP contribution in [0.15, 0.2) is 59.5 Å². The average molecular weight is 553 g/mol. The van der Waals surface area contributed by atoms with E-state index in [1.165, 1.54) is 30.5 Å². The number of aromatic carboxylic acids is 1. The number of ether oxygens (including phenoxy) is 1. The third-order valence-corrected chi connectivity index (χ3v) is 6.95. The summed E-state index contributed by atoms with van der Waals surface area (Å²) in [7, 11) is 0. The van der Waals surface area contributed by atoms with E-state index in [0.717, 1.165) is 16.1 Å². The molecular weight excluding hydrogens is 538 g/mol. The van der Waals surface area contributed by atoms with E-state index in [1.807, 2.05) is 6.07 Å². The number of aromatic nitrogens is 3. The van der Waals surface area contributed by atoms with Gasteiger partial charge in [0.2, 0.25) is 0 Å². The monoisotopic (exact) mass is 552 g/mol. The number of carboxylic acid groups (broad SMARTS) is 1. The van der Waals surface area contributed by atoms with Crippen molar-refractivity contribution >= 4 is 50.1 Å². The van der Waals surface area contributed by atoms with E-state index in [2.05, 4.69) is 9.36 Å². The fourth-order valence-electron chi connectivity index (χ4n) is 4.20. The number of nitriles is 1. The standard InChI is InChI=1S/C26H15ClF2N4O4S/c27-14-4-7-20(17(10-14)15-5-6-16(26(35)36)18-12-31-38-22(15)18)37-9-8-33-24(23(28)29)32-19-3-1-2-13(11-30)21(19)25(33)34/h1-7,10,12,23H,8-9H2,(H,35,36). The normalized spacial score (nSPS) is 11.2. The molecule has 5 aromatic rings. The van der Waals surface area contributed by atoms with E-state index in [0.29, 0.717) is 32.0 Å². The van der Waals surface area contributed by atoms with Gasteiger partial charge in [-0.05, 0) is 47.9 Å². The smallest absolute Gasteiger partial charge is 0.336 e. The minimum Gasteiger partial charge on any atom is -0.491 e. The van der Waals surface area contributed by atoms with E-state index >= 15 is 0 Å². The Kier molecular flexibility index (Phi) is 6.75. The molecule has 8 nitrogen and oxygen atoms in total. The Morgan fingerprint density at radius 3 is 2.76 bits per heavy atom. The summed E-state index contributed by atoms with van der Waals surface area (Å²) in [6.45, 7) is -0.452. The number of carboxylic acids is 1. The maximum atomic E-state index is 13.8. The van der Waals surface area contributed by atoms with E-state index in [4.69, 9.17) is 16.3 Å². The van der Waals surface area contributed by atoms with Crippen LogP contribution in [0.3, 0.4) is 0 Å². The molecule has 2 heterocycles.